The van der Waals surface area contributed by atoms with Crippen LogP contribution in [0.3, 0.4) is 0 Å². The van der Waals surface area contributed by atoms with Crippen LogP contribution < -0.4 is 0 Å². The van der Waals surface area contributed by atoms with Gasteiger partial charge in [-0.1, -0.05) is 0 Å². The van der Waals surface area contributed by atoms with Crippen LogP contribution in [0.5, 0.6) is 0 Å². The van der Waals surface area contributed by atoms with E-state index in [0.29, 0.717) is 41.9 Å². The minimum atomic E-state index is -0.487. The lowest BCUT2D eigenvalue weighted by Crippen LogP contribution is -2.07. The number of ether oxygens (including phenoxy) is 2. The molecule has 6 heteroatoms. The first kappa shape index (κ1) is 17.9. The molecule has 0 spiro atoms. The van der Waals surface area contributed by atoms with Gasteiger partial charge in [-0.25, -0.2) is 4.79 Å². The SMILES string of the molecule is COC(=O)CCc1oc(CCCC(C)=O)c(C)c1C(=O)OC. The Morgan fingerprint density at radius 2 is 1.68 bits per heavy atom. The minimum Gasteiger partial charge on any atom is -0.469 e. The Bertz CT molecular complexity index is 555. The molecule has 0 aromatic carbocycles. The number of hydrogen-bond acceptors (Lipinski definition) is 6. The molecule has 0 bridgehead atoms. The zero-order valence-corrected chi connectivity index (χ0v) is 13.5. The fraction of sp³-hybridized carbons (Fsp3) is 0.562. The van der Waals surface area contributed by atoms with Gasteiger partial charge in [-0.05, 0) is 20.3 Å². The molecule has 0 amide bonds. The molecule has 0 atom stereocenters. The molecule has 6 nitrogen and oxygen atoms in total. The van der Waals surface area contributed by atoms with Crippen LogP contribution in [0.1, 0.15) is 53.6 Å². The van der Waals surface area contributed by atoms with Crippen LogP contribution in [0, 0.1) is 6.92 Å². The van der Waals surface area contributed by atoms with Crippen LogP contribution in [-0.2, 0) is 31.9 Å². The standard InChI is InChI=1S/C16H22O6/c1-10(17)6-5-7-12-11(2)15(16(19)21-4)13(22-12)8-9-14(18)20-3/h5-9H2,1-4H3. The third kappa shape index (κ3) is 4.72. The Morgan fingerprint density at radius 1 is 1.00 bits per heavy atom. The normalized spacial score (nSPS) is 10.4. The monoisotopic (exact) mass is 310 g/mol. The molecule has 122 valence electrons. The van der Waals surface area contributed by atoms with Crippen molar-refractivity contribution in [3.05, 3.63) is 22.6 Å². The van der Waals surface area contributed by atoms with Gasteiger partial charge >= 0.3 is 11.9 Å². The molecule has 0 N–H and O–H groups in total. The molecular formula is C16H22O6. The number of hydrogen-bond donors (Lipinski definition) is 0. The Kier molecular flexibility index (Phi) is 6.82. The summed E-state index contributed by atoms with van der Waals surface area (Å²) in [7, 11) is 2.61. The maximum atomic E-state index is 11.9. The van der Waals surface area contributed by atoms with E-state index in [1.54, 1.807) is 6.92 Å². The molecule has 1 rings (SSSR count). The summed E-state index contributed by atoms with van der Waals surface area (Å²) in [5.74, 6) is 0.333. The van der Waals surface area contributed by atoms with Crippen molar-refractivity contribution in [1.82, 2.24) is 0 Å². The summed E-state index contributed by atoms with van der Waals surface area (Å²) in [6.07, 6.45) is 2.07. The number of carbonyl (C=O) groups excluding carboxylic acids is 3. The van der Waals surface area contributed by atoms with Crippen LogP contribution in [0.2, 0.25) is 0 Å². The molecule has 0 aliphatic carbocycles. The average Bonchev–Trinajstić information content (AvgIpc) is 2.80. The smallest absolute Gasteiger partial charge is 0.341 e. The van der Waals surface area contributed by atoms with E-state index in [0.717, 1.165) is 0 Å². The lowest BCUT2D eigenvalue weighted by atomic mass is 10.0. The maximum absolute atomic E-state index is 11.9. The highest BCUT2D eigenvalue weighted by molar-refractivity contribution is 5.92. The number of esters is 2. The number of ketones is 1. The Morgan fingerprint density at radius 3 is 2.23 bits per heavy atom. The predicted molar refractivity (Wildman–Crippen MR) is 78.7 cm³/mol. The van der Waals surface area contributed by atoms with Crippen LogP contribution in [0.15, 0.2) is 4.42 Å². The van der Waals surface area contributed by atoms with Gasteiger partial charge in [0, 0.05) is 24.8 Å². The van der Waals surface area contributed by atoms with E-state index >= 15 is 0 Å². The first-order valence-corrected chi connectivity index (χ1v) is 7.16. The second-order valence-electron chi connectivity index (χ2n) is 5.07. The zero-order valence-electron chi connectivity index (χ0n) is 13.5. The summed E-state index contributed by atoms with van der Waals surface area (Å²) in [4.78, 5) is 34.2. The lowest BCUT2D eigenvalue weighted by Gasteiger charge is -2.01. The zero-order chi connectivity index (χ0) is 16.7. The van der Waals surface area contributed by atoms with Crippen molar-refractivity contribution in [3.8, 4) is 0 Å². The molecule has 0 saturated carbocycles. The van der Waals surface area contributed by atoms with E-state index in [-0.39, 0.29) is 24.6 Å². The molecule has 0 aliphatic rings. The van der Waals surface area contributed by atoms with E-state index in [1.807, 2.05) is 0 Å². The summed E-state index contributed by atoms with van der Waals surface area (Å²) >= 11 is 0. The second-order valence-corrected chi connectivity index (χ2v) is 5.07. The lowest BCUT2D eigenvalue weighted by molar-refractivity contribution is -0.140. The summed E-state index contributed by atoms with van der Waals surface area (Å²) in [5, 5.41) is 0. The van der Waals surface area contributed by atoms with Gasteiger partial charge in [0.2, 0.25) is 0 Å². The molecule has 0 aliphatic heterocycles. The minimum absolute atomic E-state index is 0.114. The molecule has 0 fully saturated rings. The number of carbonyl (C=O) groups is 3. The molecule has 0 saturated heterocycles. The number of aryl methyl sites for hydroxylation is 2. The topological polar surface area (TPSA) is 82.8 Å². The van der Waals surface area contributed by atoms with Crippen LogP contribution in [0.25, 0.3) is 0 Å². The van der Waals surface area contributed by atoms with Crippen LogP contribution in [0.4, 0.5) is 0 Å². The Balaban J connectivity index is 2.95. The van der Waals surface area contributed by atoms with Gasteiger partial charge in [0.1, 0.15) is 22.9 Å². The predicted octanol–water partition coefficient (Wildman–Crippen LogP) is 2.39. The van der Waals surface area contributed by atoms with Crippen molar-refractivity contribution in [1.29, 1.82) is 0 Å². The molecule has 1 aromatic heterocycles. The van der Waals surface area contributed by atoms with Gasteiger partial charge in [-0.2, -0.15) is 0 Å². The highest BCUT2D eigenvalue weighted by Crippen LogP contribution is 2.26. The van der Waals surface area contributed by atoms with Gasteiger partial charge in [-0.3, -0.25) is 4.79 Å². The highest BCUT2D eigenvalue weighted by Gasteiger charge is 2.23. The van der Waals surface area contributed by atoms with Crippen molar-refractivity contribution in [2.75, 3.05) is 14.2 Å². The number of methoxy groups -OCH3 is 2. The summed E-state index contributed by atoms with van der Waals surface area (Å²) in [6, 6.07) is 0. The van der Waals surface area contributed by atoms with E-state index in [4.69, 9.17) is 9.15 Å². The molecular weight excluding hydrogens is 288 g/mol. The van der Waals surface area contributed by atoms with Crippen molar-refractivity contribution >= 4 is 17.7 Å². The molecule has 0 radical (unpaired) electrons. The van der Waals surface area contributed by atoms with Crippen molar-refractivity contribution in [2.24, 2.45) is 0 Å². The van der Waals surface area contributed by atoms with Gasteiger partial charge in [-0.15, -0.1) is 0 Å². The van der Waals surface area contributed by atoms with Gasteiger partial charge < -0.3 is 18.7 Å². The average molecular weight is 310 g/mol. The number of furan rings is 1. The summed E-state index contributed by atoms with van der Waals surface area (Å²) in [6.45, 7) is 3.32. The van der Waals surface area contributed by atoms with E-state index in [2.05, 4.69) is 4.74 Å². The van der Waals surface area contributed by atoms with E-state index in [9.17, 15) is 14.4 Å². The van der Waals surface area contributed by atoms with Crippen molar-refractivity contribution in [3.63, 3.8) is 0 Å². The van der Waals surface area contributed by atoms with Crippen LogP contribution in [-0.4, -0.2) is 31.9 Å². The number of Topliss-reactive ketones (excluding diaryl/α,β-unsaturated/α-hetero) is 1. The second kappa shape index (κ2) is 8.36. The van der Waals surface area contributed by atoms with E-state index < -0.39 is 5.97 Å². The molecule has 0 unspecified atom stereocenters. The first-order valence-electron chi connectivity index (χ1n) is 7.16. The number of rotatable bonds is 8. The largest absolute Gasteiger partial charge is 0.469 e. The van der Waals surface area contributed by atoms with Gasteiger partial charge in [0.15, 0.2) is 0 Å². The van der Waals surface area contributed by atoms with Crippen LogP contribution >= 0.6 is 0 Å². The highest BCUT2D eigenvalue weighted by atomic mass is 16.5. The molecule has 1 heterocycles. The first-order chi connectivity index (χ1) is 10.4. The third-order valence-corrected chi connectivity index (χ3v) is 3.42. The quantitative estimate of drug-likeness (QED) is 0.686. The fourth-order valence-corrected chi connectivity index (χ4v) is 2.22. The van der Waals surface area contributed by atoms with E-state index in [1.165, 1.54) is 21.1 Å². The van der Waals surface area contributed by atoms with Crippen molar-refractivity contribution in [2.45, 2.75) is 46.0 Å². The Labute approximate surface area is 129 Å². The molecule has 1 aromatic rings. The summed E-state index contributed by atoms with van der Waals surface area (Å²) < 4.78 is 15.1. The van der Waals surface area contributed by atoms with Gasteiger partial charge in [0.25, 0.3) is 0 Å². The molecule has 22 heavy (non-hydrogen) atoms. The van der Waals surface area contributed by atoms with Gasteiger partial charge in [0.05, 0.1) is 20.6 Å². The van der Waals surface area contributed by atoms with Crippen molar-refractivity contribution < 1.29 is 28.3 Å². The fourth-order valence-electron chi connectivity index (χ4n) is 2.22. The third-order valence-electron chi connectivity index (χ3n) is 3.42. The Hall–Kier alpha value is -2.11. The summed E-state index contributed by atoms with van der Waals surface area (Å²) in [5.41, 5.74) is 1.07. The maximum Gasteiger partial charge on any atom is 0.341 e.